The number of carbonyl (C=O) groups is 1. The van der Waals surface area contributed by atoms with Crippen molar-refractivity contribution in [3.63, 3.8) is 0 Å². The molecule has 0 aliphatic carbocycles. The molecule has 0 bridgehead atoms. The van der Waals surface area contributed by atoms with E-state index in [1.165, 1.54) is 6.20 Å². The van der Waals surface area contributed by atoms with Crippen molar-refractivity contribution in [2.75, 3.05) is 19.6 Å². The average molecular weight is 313 g/mol. The van der Waals surface area contributed by atoms with Crippen LogP contribution in [0, 0.1) is 0 Å². The number of aromatic nitrogens is 2. The van der Waals surface area contributed by atoms with Gasteiger partial charge in [0.05, 0.1) is 23.3 Å². The van der Waals surface area contributed by atoms with Gasteiger partial charge in [-0.1, -0.05) is 23.7 Å². The van der Waals surface area contributed by atoms with E-state index in [-0.39, 0.29) is 18.3 Å². The second-order valence-electron chi connectivity index (χ2n) is 4.54. The molecule has 1 aliphatic rings. The van der Waals surface area contributed by atoms with Crippen molar-refractivity contribution in [1.29, 1.82) is 0 Å². The summed E-state index contributed by atoms with van der Waals surface area (Å²) in [6, 6.07) is 5.84. The van der Waals surface area contributed by atoms with Gasteiger partial charge in [0.1, 0.15) is 0 Å². The number of piperazine rings is 1. The summed E-state index contributed by atoms with van der Waals surface area (Å²) in [6.07, 6.45) is 1.53. The molecule has 3 rings (SSSR count). The highest BCUT2D eigenvalue weighted by Crippen LogP contribution is 2.21. The minimum absolute atomic E-state index is 0. The highest BCUT2D eigenvalue weighted by atomic mass is 35.5. The lowest BCUT2D eigenvalue weighted by molar-refractivity contribution is -0.132. The lowest BCUT2D eigenvalue weighted by Crippen LogP contribution is -2.47. The van der Waals surface area contributed by atoms with Crippen molar-refractivity contribution in [1.82, 2.24) is 20.4 Å². The fourth-order valence-corrected chi connectivity index (χ4v) is 2.41. The van der Waals surface area contributed by atoms with Crippen molar-refractivity contribution in [3.8, 4) is 0 Å². The van der Waals surface area contributed by atoms with E-state index >= 15 is 0 Å². The number of hydrogen-bond acceptors (Lipinski definition) is 4. The molecule has 1 aromatic carbocycles. The smallest absolute Gasteiger partial charge is 0.236 e. The first kappa shape index (κ1) is 15.0. The van der Waals surface area contributed by atoms with Gasteiger partial charge in [0, 0.05) is 25.0 Å². The van der Waals surface area contributed by atoms with E-state index in [0.717, 1.165) is 29.6 Å². The van der Waals surface area contributed by atoms with Gasteiger partial charge >= 0.3 is 0 Å². The maximum Gasteiger partial charge on any atom is 0.236 e. The number of nitrogens with one attached hydrogen (secondary N) is 1. The van der Waals surface area contributed by atoms with E-state index in [1.54, 1.807) is 0 Å². The zero-order valence-corrected chi connectivity index (χ0v) is 12.2. The van der Waals surface area contributed by atoms with Gasteiger partial charge in [-0.15, -0.1) is 12.4 Å². The number of carbonyl (C=O) groups excluding carboxylic acids is 1. The predicted octanol–water partition coefficient (Wildman–Crippen LogP) is 1.64. The number of benzene rings is 1. The Balaban J connectivity index is 0.00000147. The summed E-state index contributed by atoms with van der Waals surface area (Å²) in [4.78, 5) is 13.6. The Hall–Kier alpha value is -1.43. The summed E-state index contributed by atoms with van der Waals surface area (Å²) in [5, 5.41) is 12.4. The van der Waals surface area contributed by atoms with Crippen LogP contribution in [-0.4, -0.2) is 40.6 Å². The predicted molar refractivity (Wildman–Crippen MR) is 80.1 cm³/mol. The third-order valence-corrected chi connectivity index (χ3v) is 3.52. The normalized spacial score (nSPS) is 15.2. The monoisotopic (exact) mass is 312 g/mol. The molecule has 1 N–H and O–H groups in total. The Labute approximate surface area is 127 Å². The fourth-order valence-electron chi connectivity index (χ4n) is 2.21. The molecular formula is C13H14Cl2N4O. The Morgan fingerprint density at radius 1 is 1.40 bits per heavy atom. The van der Waals surface area contributed by atoms with Crippen LogP contribution in [-0.2, 0) is 11.3 Å². The third-order valence-electron chi connectivity index (χ3n) is 3.22. The Morgan fingerprint density at radius 2 is 2.25 bits per heavy atom. The molecule has 1 saturated heterocycles. The van der Waals surface area contributed by atoms with Gasteiger partial charge in [0.25, 0.3) is 0 Å². The first-order valence-electron chi connectivity index (χ1n) is 6.12. The number of fused-ring (bicyclic) bond motifs is 1. The third kappa shape index (κ3) is 3.00. The van der Waals surface area contributed by atoms with Crippen LogP contribution in [0.25, 0.3) is 10.9 Å². The number of rotatable bonds is 2. The van der Waals surface area contributed by atoms with Gasteiger partial charge in [-0.3, -0.25) is 4.79 Å². The molecule has 1 amide bonds. The Morgan fingerprint density at radius 3 is 3.05 bits per heavy atom. The summed E-state index contributed by atoms with van der Waals surface area (Å²) < 4.78 is 0. The second kappa shape index (κ2) is 6.35. The summed E-state index contributed by atoms with van der Waals surface area (Å²) in [5.74, 6) is 0.128. The minimum atomic E-state index is 0. The molecule has 5 nitrogen and oxygen atoms in total. The Kier molecular flexibility index (Phi) is 4.75. The molecule has 2 aromatic rings. The van der Waals surface area contributed by atoms with Crippen molar-refractivity contribution in [2.24, 2.45) is 0 Å². The van der Waals surface area contributed by atoms with Crippen LogP contribution < -0.4 is 5.32 Å². The first-order valence-corrected chi connectivity index (χ1v) is 6.50. The topological polar surface area (TPSA) is 58.1 Å². The van der Waals surface area contributed by atoms with Gasteiger partial charge in [-0.25, -0.2) is 0 Å². The molecule has 0 spiro atoms. The Bertz CT molecular complexity index is 635. The second-order valence-corrected chi connectivity index (χ2v) is 4.94. The van der Waals surface area contributed by atoms with Crippen molar-refractivity contribution >= 4 is 40.8 Å². The highest BCUT2D eigenvalue weighted by molar-refractivity contribution is 6.35. The van der Waals surface area contributed by atoms with Crippen LogP contribution in [0.5, 0.6) is 0 Å². The van der Waals surface area contributed by atoms with Crippen LogP contribution in [0.4, 0.5) is 0 Å². The van der Waals surface area contributed by atoms with Crippen LogP contribution in [0.15, 0.2) is 24.4 Å². The number of hydrogen-bond donors (Lipinski definition) is 1. The highest BCUT2D eigenvalue weighted by Gasteiger charge is 2.17. The number of halogens is 2. The van der Waals surface area contributed by atoms with E-state index in [9.17, 15) is 4.79 Å². The first-order chi connectivity index (χ1) is 9.24. The van der Waals surface area contributed by atoms with E-state index in [4.69, 9.17) is 11.6 Å². The van der Waals surface area contributed by atoms with E-state index in [0.29, 0.717) is 18.1 Å². The largest absolute Gasteiger partial charge is 0.336 e. The van der Waals surface area contributed by atoms with Crippen LogP contribution in [0.1, 0.15) is 5.56 Å². The fraction of sp³-hybridized carbons (Fsp3) is 0.308. The van der Waals surface area contributed by atoms with Crippen molar-refractivity contribution in [3.05, 3.63) is 35.0 Å². The molecule has 1 fully saturated rings. The van der Waals surface area contributed by atoms with Gasteiger partial charge in [-0.2, -0.15) is 10.2 Å². The van der Waals surface area contributed by atoms with Crippen LogP contribution in [0.3, 0.4) is 0 Å². The van der Waals surface area contributed by atoms with E-state index in [1.807, 2.05) is 23.1 Å². The summed E-state index contributed by atoms with van der Waals surface area (Å²) in [7, 11) is 0. The van der Waals surface area contributed by atoms with Gasteiger partial charge in [-0.05, 0) is 11.6 Å². The summed E-state index contributed by atoms with van der Waals surface area (Å²) in [5.41, 5.74) is 1.80. The van der Waals surface area contributed by atoms with E-state index in [2.05, 4.69) is 15.5 Å². The average Bonchev–Trinajstić information content (AvgIpc) is 2.42. The summed E-state index contributed by atoms with van der Waals surface area (Å²) >= 11 is 6.05. The zero-order chi connectivity index (χ0) is 13.2. The van der Waals surface area contributed by atoms with Gasteiger partial charge in [0.2, 0.25) is 5.91 Å². The molecule has 20 heavy (non-hydrogen) atoms. The lowest BCUT2D eigenvalue weighted by Gasteiger charge is -2.27. The standard InChI is InChI=1S/C13H13ClN4O.ClH/c14-11-6-16-17-12-5-9(1-2-10(11)12)8-18-4-3-15-7-13(18)19;/h1-2,5-6,15H,3-4,7-8H2;1H. The minimum Gasteiger partial charge on any atom is -0.336 e. The molecular weight excluding hydrogens is 299 g/mol. The van der Waals surface area contributed by atoms with E-state index < -0.39 is 0 Å². The van der Waals surface area contributed by atoms with Gasteiger partial charge in [0.15, 0.2) is 0 Å². The molecule has 0 unspecified atom stereocenters. The van der Waals surface area contributed by atoms with Crippen molar-refractivity contribution in [2.45, 2.75) is 6.54 Å². The molecule has 2 heterocycles. The zero-order valence-electron chi connectivity index (χ0n) is 10.7. The van der Waals surface area contributed by atoms with Crippen LogP contribution in [0.2, 0.25) is 5.02 Å². The number of amides is 1. The quantitative estimate of drug-likeness (QED) is 0.916. The molecule has 1 aromatic heterocycles. The van der Waals surface area contributed by atoms with Crippen LogP contribution >= 0.6 is 24.0 Å². The molecule has 106 valence electrons. The molecule has 0 saturated carbocycles. The van der Waals surface area contributed by atoms with Crippen molar-refractivity contribution < 1.29 is 4.79 Å². The van der Waals surface area contributed by atoms with Gasteiger partial charge < -0.3 is 10.2 Å². The summed E-state index contributed by atoms with van der Waals surface area (Å²) in [6.45, 7) is 2.59. The number of nitrogens with zero attached hydrogens (tertiary/aromatic N) is 3. The molecule has 7 heteroatoms. The lowest BCUT2D eigenvalue weighted by atomic mass is 10.1. The SMILES string of the molecule is Cl.O=C1CNCCN1Cc1ccc2c(Cl)cnnc2c1. The molecule has 1 aliphatic heterocycles. The maximum atomic E-state index is 11.7. The maximum absolute atomic E-state index is 11.7. The molecule has 0 atom stereocenters. The molecule has 0 radical (unpaired) electrons.